The SMILES string of the molecule is O=C(Cc1ccc(F)cc1Br)C1CSC1. The Labute approximate surface area is 101 Å². The summed E-state index contributed by atoms with van der Waals surface area (Å²) in [7, 11) is 0. The molecule has 0 unspecified atom stereocenters. The monoisotopic (exact) mass is 288 g/mol. The van der Waals surface area contributed by atoms with Gasteiger partial charge in [0.1, 0.15) is 11.6 Å². The summed E-state index contributed by atoms with van der Waals surface area (Å²) < 4.78 is 13.5. The Hall–Kier alpha value is -0.350. The minimum atomic E-state index is -0.280. The predicted octanol–water partition coefficient (Wildman–Crippen LogP) is 3.06. The molecule has 0 radical (unpaired) electrons. The lowest BCUT2D eigenvalue weighted by Gasteiger charge is -2.23. The Morgan fingerprint density at radius 2 is 2.27 bits per heavy atom. The fourth-order valence-corrected chi connectivity index (χ4v) is 2.75. The molecule has 80 valence electrons. The average molecular weight is 289 g/mol. The second-order valence-electron chi connectivity index (χ2n) is 3.61. The first-order valence-electron chi connectivity index (χ1n) is 4.71. The molecule has 1 aliphatic heterocycles. The number of carbonyl (C=O) groups is 1. The van der Waals surface area contributed by atoms with Gasteiger partial charge in [0.25, 0.3) is 0 Å². The smallest absolute Gasteiger partial charge is 0.142 e. The second-order valence-corrected chi connectivity index (χ2v) is 5.54. The number of thioether (sulfide) groups is 1. The number of rotatable bonds is 3. The topological polar surface area (TPSA) is 17.1 Å². The molecule has 1 fully saturated rings. The molecule has 15 heavy (non-hydrogen) atoms. The molecule has 1 heterocycles. The summed E-state index contributed by atoms with van der Waals surface area (Å²) >= 11 is 5.07. The summed E-state index contributed by atoms with van der Waals surface area (Å²) in [4.78, 5) is 11.7. The molecule has 0 aliphatic carbocycles. The van der Waals surface area contributed by atoms with E-state index in [9.17, 15) is 9.18 Å². The molecule has 1 saturated heterocycles. The summed E-state index contributed by atoms with van der Waals surface area (Å²) in [5.74, 6) is 2.08. The fourth-order valence-electron chi connectivity index (χ4n) is 1.42. The molecule has 1 aliphatic rings. The number of carbonyl (C=O) groups excluding carboxylic acids is 1. The highest BCUT2D eigenvalue weighted by atomic mass is 79.9. The summed E-state index contributed by atoms with van der Waals surface area (Å²) in [6.45, 7) is 0. The minimum absolute atomic E-state index is 0.215. The summed E-state index contributed by atoms with van der Waals surface area (Å²) in [6, 6.07) is 4.46. The number of benzene rings is 1. The highest BCUT2D eigenvalue weighted by Gasteiger charge is 2.26. The van der Waals surface area contributed by atoms with Gasteiger partial charge in [-0.1, -0.05) is 22.0 Å². The first-order chi connectivity index (χ1) is 7.16. The molecule has 0 N–H and O–H groups in total. The summed E-state index contributed by atoms with van der Waals surface area (Å²) in [6.07, 6.45) is 0.409. The molecule has 4 heteroatoms. The maximum atomic E-state index is 12.8. The molecular weight excluding hydrogens is 279 g/mol. The van der Waals surface area contributed by atoms with Crippen LogP contribution in [0.25, 0.3) is 0 Å². The van der Waals surface area contributed by atoms with Crippen LogP contribution in [0.4, 0.5) is 4.39 Å². The number of halogens is 2. The van der Waals surface area contributed by atoms with Crippen LogP contribution < -0.4 is 0 Å². The van der Waals surface area contributed by atoms with Crippen LogP contribution in [-0.4, -0.2) is 17.3 Å². The van der Waals surface area contributed by atoms with E-state index < -0.39 is 0 Å². The third-order valence-electron chi connectivity index (χ3n) is 2.47. The van der Waals surface area contributed by atoms with Crippen molar-refractivity contribution in [2.75, 3.05) is 11.5 Å². The van der Waals surface area contributed by atoms with Crippen LogP contribution >= 0.6 is 27.7 Å². The number of hydrogen-bond acceptors (Lipinski definition) is 2. The van der Waals surface area contributed by atoms with Crippen LogP contribution in [0.1, 0.15) is 5.56 Å². The van der Waals surface area contributed by atoms with E-state index in [1.165, 1.54) is 12.1 Å². The van der Waals surface area contributed by atoms with Crippen molar-refractivity contribution in [3.05, 3.63) is 34.1 Å². The fraction of sp³-hybridized carbons (Fsp3) is 0.364. The summed E-state index contributed by atoms with van der Waals surface area (Å²) in [5.41, 5.74) is 0.873. The van der Waals surface area contributed by atoms with Crippen molar-refractivity contribution in [1.82, 2.24) is 0 Å². The van der Waals surface area contributed by atoms with Gasteiger partial charge in [-0.05, 0) is 17.7 Å². The van der Waals surface area contributed by atoms with Gasteiger partial charge in [-0.25, -0.2) is 4.39 Å². The molecule has 1 aromatic rings. The largest absolute Gasteiger partial charge is 0.299 e. The van der Waals surface area contributed by atoms with Crippen LogP contribution in [0, 0.1) is 11.7 Å². The van der Waals surface area contributed by atoms with E-state index in [0.29, 0.717) is 10.9 Å². The second kappa shape index (κ2) is 4.66. The van der Waals surface area contributed by atoms with Gasteiger partial charge in [0.15, 0.2) is 0 Å². The summed E-state index contributed by atoms with van der Waals surface area (Å²) in [5, 5.41) is 0. The predicted molar refractivity (Wildman–Crippen MR) is 63.6 cm³/mol. The zero-order valence-electron chi connectivity index (χ0n) is 8.00. The van der Waals surface area contributed by atoms with E-state index in [1.807, 2.05) is 0 Å². The van der Waals surface area contributed by atoms with Crippen LogP contribution in [0.3, 0.4) is 0 Å². The zero-order chi connectivity index (χ0) is 10.8. The Morgan fingerprint density at radius 3 is 2.80 bits per heavy atom. The maximum Gasteiger partial charge on any atom is 0.142 e. The Balaban J connectivity index is 2.06. The van der Waals surface area contributed by atoms with Crippen LogP contribution in [0.5, 0.6) is 0 Å². The molecule has 0 spiro atoms. The molecule has 2 rings (SSSR count). The standard InChI is InChI=1S/C11H10BrFOS/c12-10-4-9(13)2-1-7(10)3-11(14)8-5-15-6-8/h1-2,4,8H,3,5-6H2. The van der Waals surface area contributed by atoms with Gasteiger partial charge in [-0.3, -0.25) is 4.79 Å². The lowest BCUT2D eigenvalue weighted by atomic mass is 10.0. The lowest BCUT2D eigenvalue weighted by molar-refractivity contribution is -0.121. The van der Waals surface area contributed by atoms with Gasteiger partial charge >= 0.3 is 0 Å². The molecule has 0 saturated carbocycles. The molecule has 0 atom stereocenters. The average Bonchev–Trinajstić information content (AvgIpc) is 2.07. The number of hydrogen-bond donors (Lipinski definition) is 0. The molecular formula is C11H10BrFOS. The van der Waals surface area contributed by atoms with Crippen molar-refractivity contribution in [3.8, 4) is 0 Å². The van der Waals surface area contributed by atoms with E-state index in [1.54, 1.807) is 17.8 Å². The van der Waals surface area contributed by atoms with Crippen molar-refractivity contribution in [1.29, 1.82) is 0 Å². The molecule has 0 aromatic heterocycles. The van der Waals surface area contributed by atoms with Gasteiger partial charge in [0.05, 0.1) is 0 Å². The molecule has 1 nitrogen and oxygen atoms in total. The number of Topliss-reactive ketones (excluding diaryl/α,β-unsaturated/α-hetero) is 1. The van der Waals surface area contributed by atoms with Crippen molar-refractivity contribution < 1.29 is 9.18 Å². The van der Waals surface area contributed by atoms with E-state index in [0.717, 1.165) is 17.1 Å². The van der Waals surface area contributed by atoms with E-state index in [4.69, 9.17) is 0 Å². The first-order valence-corrected chi connectivity index (χ1v) is 6.66. The van der Waals surface area contributed by atoms with Gasteiger partial charge in [0, 0.05) is 28.3 Å². The molecule has 1 aromatic carbocycles. The van der Waals surface area contributed by atoms with Gasteiger partial charge in [0.2, 0.25) is 0 Å². The van der Waals surface area contributed by atoms with Crippen LogP contribution in [0.2, 0.25) is 0 Å². The maximum absolute atomic E-state index is 12.8. The van der Waals surface area contributed by atoms with Crippen molar-refractivity contribution in [2.45, 2.75) is 6.42 Å². The molecule has 0 amide bonds. The normalized spacial score (nSPS) is 16.1. The minimum Gasteiger partial charge on any atom is -0.299 e. The Morgan fingerprint density at radius 1 is 1.53 bits per heavy atom. The van der Waals surface area contributed by atoms with E-state index >= 15 is 0 Å². The van der Waals surface area contributed by atoms with Gasteiger partial charge in [-0.2, -0.15) is 11.8 Å². The van der Waals surface area contributed by atoms with E-state index in [-0.39, 0.29) is 17.5 Å². The van der Waals surface area contributed by atoms with Crippen LogP contribution in [-0.2, 0) is 11.2 Å². The van der Waals surface area contributed by atoms with Crippen molar-refractivity contribution in [2.24, 2.45) is 5.92 Å². The van der Waals surface area contributed by atoms with Gasteiger partial charge < -0.3 is 0 Å². The third-order valence-corrected chi connectivity index (χ3v) is 4.49. The first kappa shape index (κ1) is 11.1. The van der Waals surface area contributed by atoms with Crippen LogP contribution in [0.15, 0.2) is 22.7 Å². The van der Waals surface area contributed by atoms with Crippen molar-refractivity contribution in [3.63, 3.8) is 0 Å². The molecule has 0 bridgehead atoms. The third kappa shape index (κ3) is 2.61. The quantitative estimate of drug-likeness (QED) is 0.850. The van der Waals surface area contributed by atoms with E-state index in [2.05, 4.69) is 15.9 Å². The highest BCUT2D eigenvalue weighted by Crippen LogP contribution is 2.27. The Bertz CT molecular complexity index is 390. The van der Waals surface area contributed by atoms with Gasteiger partial charge in [-0.15, -0.1) is 0 Å². The number of ketones is 1. The zero-order valence-corrected chi connectivity index (χ0v) is 10.4. The lowest BCUT2D eigenvalue weighted by Crippen LogP contribution is -2.28. The van der Waals surface area contributed by atoms with Crippen molar-refractivity contribution >= 4 is 33.5 Å². The highest BCUT2D eigenvalue weighted by molar-refractivity contribution is 9.10. The Kier molecular flexibility index (Phi) is 3.46.